The molecule has 0 aliphatic carbocycles. The maximum atomic E-state index is 11.5. The van der Waals surface area contributed by atoms with E-state index < -0.39 is 9.84 Å². The molecule has 0 N–H and O–H groups in total. The van der Waals surface area contributed by atoms with Gasteiger partial charge >= 0.3 is 0 Å². The molecule has 0 amide bonds. The van der Waals surface area contributed by atoms with Gasteiger partial charge in [0.15, 0.2) is 9.84 Å². The van der Waals surface area contributed by atoms with Gasteiger partial charge in [0.05, 0.1) is 10.6 Å². The van der Waals surface area contributed by atoms with Crippen LogP contribution in [0.5, 0.6) is 0 Å². The highest BCUT2D eigenvalue weighted by Gasteiger charge is 2.11. The zero-order valence-corrected chi connectivity index (χ0v) is 9.73. The summed E-state index contributed by atoms with van der Waals surface area (Å²) in [6.07, 6.45) is 0.651. The van der Waals surface area contributed by atoms with Gasteiger partial charge in [0.25, 0.3) is 0 Å². The Balaban J connectivity index is 3.02. The number of halogens is 1. The van der Waals surface area contributed by atoms with Crippen LogP contribution in [0.2, 0.25) is 0 Å². The third-order valence-electron chi connectivity index (χ3n) is 1.65. The molecular formula is C9H11BrO2S. The van der Waals surface area contributed by atoms with Crippen LogP contribution in [0.4, 0.5) is 0 Å². The average molecular weight is 263 g/mol. The highest BCUT2D eigenvalue weighted by atomic mass is 79.9. The van der Waals surface area contributed by atoms with Crippen molar-refractivity contribution in [1.29, 1.82) is 0 Å². The molecule has 0 aliphatic heterocycles. The van der Waals surface area contributed by atoms with E-state index in [1.165, 1.54) is 0 Å². The summed E-state index contributed by atoms with van der Waals surface area (Å²) in [5.41, 5.74) is 0. The predicted molar refractivity (Wildman–Crippen MR) is 56.5 cm³/mol. The number of sulfone groups is 1. The highest BCUT2D eigenvalue weighted by molar-refractivity contribution is 9.10. The Kier molecular flexibility index (Phi) is 3.50. The lowest BCUT2D eigenvalue weighted by molar-refractivity contribution is 0.594. The summed E-state index contributed by atoms with van der Waals surface area (Å²) in [6, 6.07) is 6.72. The van der Waals surface area contributed by atoms with Crippen molar-refractivity contribution in [2.45, 2.75) is 18.2 Å². The van der Waals surface area contributed by atoms with Gasteiger partial charge in [-0.3, -0.25) is 0 Å². The van der Waals surface area contributed by atoms with Crippen molar-refractivity contribution in [1.82, 2.24) is 0 Å². The first kappa shape index (κ1) is 10.7. The lowest BCUT2D eigenvalue weighted by Crippen LogP contribution is -2.05. The summed E-state index contributed by atoms with van der Waals surface area (Å²) in [5.74, 6) is 0.217. The fourth-order valence-corrected chi connectivity index (χ4v) is 2.62. The van der Waals surface area contributed by atoms with Gasteiger partial charge in [-0.15, -0.1) is 0 Å². The van der Waals surface area contributed by atoms with E-state index in [9.17, 15) is 8.42 Å². The van der Waals surface area contributed by atoms with E-state index in [-0.39, 0.29) is 5.75 Å². The number of rotatable bonds is 3. The van der Waals surface area contributed by atoms with E-state index in [2.05, 4.69) is 15.9 Å². The second-order valence-corrected chi connectivity index (χ2v) is 5.80. The van der Waals surface area contributed by atoms with Crippen molar-refractivity contribution < 1.29 is 8.42 Å². The molecule has 1 rings (SSSR count). The van der Waals surface area contributed by atoms with Gasteiger partial charge < -0.3 is 0 Å². The summed E-state index contributed by atoms with van der Waals surface area (Å²) in [6.45, 7) is 1.86. The topological polar surface area (TPSA) is 34.1 Å². The van der Waals surface area contributed by atoms with Crippen molar-refractivity contribution in [3.05, 3.63) is 28.7 Å². The maximum absolute atomic E-state index is 11.5. The van der Waals surface area contributed by atoms with Gasteiger partial charge in [0, 0.05) is 4.47 Å². The monoisotopic (exact) mass is 262 g/mol. The fourth-order valence-electron chi connectivity index (χ4n) is 1.03. The molecule has 0 aromatic heterocycles. The first-order chi connectivity index (χ1) is 6.06. The smallest absolute Gasteiger partial charge is 0.178 e. The molecule has 1 aromatic rings. The molecule has 0 radical (unpaired) electrons. The Morgan fingerprint density at radius 2 is 1.77 bits per heavy atom. The second kappa shape index (κ2) is 4.24. The fraction of sp³-hybridized carbons (Fsp3) is 0.333. The van der Waals surface area contributed by atoms with Gasteiger partial charge in [-0.05, 0) is 30.7 Å². The molecule has 13 heavy (non-hydrogen) atoms. The van der Waals surface area contributed by atoms with E-state index in [1.807, 2.05) is 6.92 Å². The lowest BCUT2D eigenvalue weighted by atomic mass is 10.4. The minimum absolute atomic E-state index is 0.217. The summed E-state index contributed by atoms with van der Waals surface area (Å²) >= 11 is 3.26. The predicted octanol–water partition coefficient (Wildman–Crippen LogP) is 2.63. The molecule has 0 heterocycles. The first-order valence-corrected chi connectivity index (χ1v) is 6.49. The van der Waals surface area contributed by atoms with Gasteiger partial charge in [-0.25, -0.2) is 8.42 Å². The second-order valence-electron chi connectivity index (χ2n) is 2.77. The molecule has 2 nitrogen and oxygen atoms in total. The lowest BCUT2D eigenvalue weighted by Gasteiger charge is -2.01. The van der Waals surface area contributed by atoms with Crippen molar-refractivity contribution in [3.8, 4) is 0 Å². The van der Waals surface area contributed by atoms with Gasteiger partial charge in [-0.2, -0.15) is 0 Å². The molecule has 0 spiro atoms. The Labute approximate surface area is 87.0 Å². The molecule has 0 saturated heterocycles. The number of benzene rings is 1. The zero-order valence-electron chi connectivity index (χ0n) is 7.33. The summed E-state index contributed by atoms with van der Waals surface area (Å²) in [4.78, 5) is 0.401. The van der Waals surface area contributed by atoms with E-state index in [0.717, 1.165) is 4.47 Å². The van der Waals surface area contributed by atoms with E-state index in [0.29, 0.717) is 11.3 Å². The summed E-state index contributed by atoms with van der Waals surface area (Å²) in [5, 5.41) is 0. The van der Waals surface area contributed by atoms with Crippen molar-refractivity contribution in [2.75, 3.05) is 5.75 Å². The third-order valence-corrected chi connectivity index (χ3v) is 4.11. The van der Waals surface area contributed by atoms with Crippen LogP contribution < -0.4 is 0 Å². The summed E-state index contributed by atoms with van der Waals surface area (Å²) < 4.78 is 23.9. The minimum atomic E-state index is -3.05. The Morgan fingerprint density at radius 3 is 2.23 bits per heavy atom. The van der Waals surface area contributed by atoms with Crippen LogP contribution in [0.15, 0.2) is 33.6 Å². The first-order valence-electron chi connectivity index (χ1n) is 4.04. The SMILES string of the molecule is CCCS(=O)(=O)c1ccc(Br)cc1. The zero-order chi connectivity index (χ0) is 9.90. The van der Waals surface area contributed by atoms with Crippen molar-refractivity contribution in [3.63, 3.8) is 0 Å². The Bertz CT molecular complexity index is 367. The number of hydrogen-bond acceptors (Lipinski definition) is 2. The molecule has 0 fully saturated rings. The largest absolute Gasteiger partial charge is 0.224 e. The summed E-state index contributed by atoms with van der Waals surface area (Å²) in [7, 11) is -3.05. The molecule has 0 saturated carbocycles. The molecule has 4 heteroatoms. The van der Waals surface area contributed by atoms with Crippen LogP contribution in [0.3, 0.4) is 0 Å². The molecule has 1 aromatic carbocycles. The van der Waals surface area contributed by atoms with Gasteiger partial charge in [-0.1, -0.05) is 22.9 Å². The Hall–Kier alpha value is -0.350. The number of hydrogen-bond donors (Lipinski definition) is 0. The minimum Gasteiger partial charge on any atom is -0.224 e. The Morgan fingerprint density at radius 1 is 1.23 bits per heavy atom. The van der Waals surface area contributed by atoms with E-state index >= 15 is 0 Å². The van der Waals surface area contributed by atoms with Gasteiger partial charge in [0.1, 0.15) is 0 Å². The molecular weight excluding hydrogens is 252 g/mol. The van der Waals surface area contributed by atoms with Crippen LogP contribution in [0.1, 0.15) is 13.3 Å². The molecule has 0 atom stereocenters. The molecule has 72 valence electrons. The normalized spacial score (nSPS) is 11.5. The van der Waals surface area contributed by atoms with Gasteiger partial charge in [0.2, 0.25) is 0 Å². The van der Waals surface area contributed by atoms with Crippen molar-refractivity contribution in [2.24, 2.45) is 0 Å². The van der Waals surface area contributed by atoms with E-state index in [4.69, 9.17) is 0 Å². The van der Waals surface area contributed by atoms with Crippen LogP contribution in [0.25, 0.3) is 0 Å². The van der Waals surface area contributed by atoms with Crippen LogP contribution in [-0.4, -0.2) is 14.2 Å². The maximum Gasteiger partial charge on any atom is 0.178 e. The standard InChI is InChI=1S/C9H11BrO2S/c1-2-7-13(11,12)9-5-3-8(10)4-6-9/h3-6H,2,7H2,1H3. The van der Waals surface area contributed by atoms with Crippen LogP contribution in [-0.2, 0) is 9.84 Å². The average Bonchev–Trinajstić information content (AvgIpc) is 2.05. The molecule has 0 bridgehead atoms. The third kappa shape index (κ3) is 2.81. The van der Waals surface area contributed by atoms with E-state index in [1.54, 1.807) is 24.3 Å². The van der Waals surface area contributed by atoms with Crippen LogP contribution in [0, 0.1) is 0 Å². The molecule has 0 aliphatic rings. The van der Waals surface area contributed by atoms with Crippen LogP contribution >= 0.6 is 15.9 Å². The van der Waals surface area contributed by atoms with Crippen molar-refractivity contribution >= 4 is 25.8 Å². The highest BCUT2D eigenvalue weighted by Crippen LogP contribution is 2.16. The quantitative estimate of drug-likeness (QED) is 0.840. The molecule has 0 unspecified atom stereocenters.